The van der Waals surface area contributed by atoms with Crippen molar-refractivity contribution < 1.29 is 13.2 Å². The second kappa shape index (κ2) is 5.95. The van der Waals surface area contributed by atoms with Crippen LogP contribution >= 0.6 is 0 Å². The number of nitrogens with two attached hydrogens (primary N) is 1. The number of rotatable bonds is 6. The zero-order valence-electron chi connectivity index (χ0n) is 11.0. The Bertz CT molecular complexity index is 500. The van der Waals surface area contributed by atoms with Crippen molar-refractivity contribution in [2.24, 2.45) is 0 Å². The second-order valence-corrected chi connectivity index (χ2v) is 6.43. The van der Waals surface area contributed by atoms with E-state index in [0.29, 0.717) is 24.6 Å². The highest BCUT2D eigenvalue weighted by Gasteiger charge is 2.11. The van der Waals surface area contributed by atoms with Crippen LogP contribution in [-0.2, 0) is 9.84 Å². The van der Waals surface area contributed by atoms with Gasteiger partial charge in [0.05, 0.1) is 23.7 Å². The molecular formula is C12H20N2O3S. The van der Waals surface area contributed by atoms with Gasteiger partial charge >= 0.3 is 0 Å². The van der Waals surface area contributed by atoms with Crippen LogP contribution in [0.5, 0.6) is 5.75 Å². The predicted octanol–water partition coefficient (Wildman–Crippen LogP) is 1.15. The van der Waals surface area contributed by atoms with Gasteiger partial charge in [0.15, 0.2) is 0 Å². The maximum absolute atomic E-state index is 11.1. The number of anilines is 2. The molecule has 1 rings (SSSR count). The van der Waals surface area contributed by atoms with Crippen LogP contribution in [-0.4, -0.2) is 40.6 Å². The highest BCUT2D eigenvalue weighted by Crippen LogP contribution is 2.31. The number of hydrogen-bond acceptors (Lipinski definition) is 5. The van der Waals surface area contributed by atoms with E-state index in [2.05, 4.69) is 0 Å². The van der Waals surface area contributed by atoms with Gasteiger partial charge in [-0.3, -0.25) is 0 Å². The van der Waals surface area contributed by atoms with Crippen molar-refractivity contribution in [3.05, 3.63) is 18.2 Å². The minimum absolute atomic E-state index is 0.0990. The van der Waals surface area contributed by atoms with Crippen LogP contribution in [0.3, 0.4) is 0 Å². The third-order valence-corrected chi connectivity index (χ3v) is 3.48. The van der Waals surface area contributed by atoms with Crippen LogP contribution in [0.25, 0.3) is 0 Å². The van der Waals surface area contributed by atoms with Gasteiger partial charge in [-0.2, -0.15) is 0 Å². The Labute approximate surface area is 108 Å². The molecule has 0 fully saturated rings. The van der Waals surface area contributed by atoms with Crippen LogP contribution in [0, 0.1) is 0 Å². The average molecular weight is 272 g/mol. The molecule has 1 aromatic rings. The molecule has 1 aromatic carbocycles. The van der Waals surface area contributed by atoms with E-state index in [1.165, 1.54) is 6.26 Å². The number of nitrogen functional groups attached to an aromatic ring is 1. The van der Waals surface area contributed by atoms with E-state index in [1.807, 2.05) is 31.0 Å². The standard InChI is InChI=1S/C12H20N2O3S/c1-4-17-11-7-5-6-10(12(11)13)14(2)8-9-18(3,15)16/h5-7H,4,8-9,13H2,1-3H3. The number of ether oxygens (including phenoxy) is 1. The first-order valence-electron chi connectivity index (χ1n) is 5.75. The molecule has 6 heteroatoms. The fraction of sp³-hybridized carbons (Fsp3) is 0.500. The Balaban J connectivity index is 2.85. The number of benzene rings is 1. The van der Waals surface area contributed by atoms with Crippen molar-refractivity contribution in [2.75, 3.05) is 42.8 Å². The van der Waals surface area contributed by atoms with Crippen LogP contribution in [0.2, 0.25) is 0 Å². The number of sulfone groups is 1. The van der Waals surface area contributed by atoms with E-state index >= 15 is 0 Å². The average Bonchev–Trinajstić information content (AvgIpc) is 2.28. The molecule has 2 N–H and O–H groups in total. The summed E-state index contributed by atoms with van der Waals surface area (Å²) >= 11 is 0. The van der Waals surface area contributed by atoms with E-state index in [1.54, 1.807) is 6.07 Å². The molecular weight excluding hydrogens is 252 g/mol. The van der Waals surface area contributed by atoms with Crippen molar-refractivity contribution in [3.8, 4) is 5.75 Å². The zero-order chi connectivity index (χ0) is 13.8. The minimum Gasteiger partial charge on any atom is -0.492 e. The molecule has 0 heterocycles. The first-order valence-corrected chi connectivity index (χ1v) is 7.81. The molecule has 0 saturated heterocycles. The summed E-state index contributed by atoms with van der Waals surface area (Å²) < 4.78 is 27.7. The Morgan fingerprint density at radius 2 is 2.06 bits per heavy atom. The van der Waals surface area contributed by atoms with E-state index in [0.717, 1.165) is 5.69 Å². The fourth-order valence-electron chi connectivity index (χ4n) is 1.57. The molecule has 0 aliphatic carbocycles. The van der Waals surface area contributed by atoms with Crippen LogP contribution < -0.4 is 15.4 Å². The minimum atomic E-state index is -2.97. The lowest BCUT2D eigenvalue weighted by molar-refractivity contribution is 0.342. The predicted molar refractivity (Wildman–Crippen MR) is 75.0 cm³/mol. The molecule has 0 saturated carbocycles. The maximum atomic E-state index is 11.1. The van der Waals surface area contributed by atoms with E-state index < -0.39 is 9.84 Å². The van der Waals surface area contributed by atoms with Gasteiger partial charge in [0.1, 0.15) is 15.6 Å². The molecule has 0 amide bonds. The van der Waals surface area contributed by atoms with Gasteiger partial charge in [0.2, 0.25) is 0 Å². The Hall–Kier alpha value is -1.43. The Morgan fingerprint density at radius 3 is 2.61 bits per heavy atom. The van der Waals surface area contributed by atoms with Gasteiger partial charge in [-0.15, -0.1) is 0 Å². The summed E-state index contributed by atoms with van der Waals surface area (Å²) in [7, 11) is -1.16. The number of nitrogens with zero attached hydrogens (tertiary/aromatic N) is 1. The lowest BCUT2D eigenvalue weighted by Gasteiger charge is -2.22. The van der Waals surface area contributed by atoms with E-state index in [9.17, 15) is 8.42 Å². The van der Waals surface area contributed by atoms with Gasteiger partial charge in [-0.05, 0) is 19.1 Å². The summed E-state index contributed by atoms with van der Waals surface area (Å²) in [5.74, 6) is 0.725. The molecule has 0 aliphatic heterocycles. The molecule has 102 valence electrons. The number of hydrogen-bond donors (Lipinski definition) is 1. The van der Waals surface area contributed by atoms with Gasteiger partial charge in [0.25, 0.3) is 0 Å². The largest absolute Gasteiger partial charge is 0.492 e. The zero-order valence-corrected chi connectivity index (χ0v) is 11.8. The summed E-state index contributed by atoms with van der Waals surface area (Å²) in [5.41, 5.74) is 7.31. The SMILES string of the molecule is CCOc1cccc(N(C)CCS(C)(=O)=O)c1N. The van der Waals surface area contributed by atoms with Gasteiger partial charge in [0, 0.05) is 19.8 Å². The van der Waals surface area contributed by atoms with E-state index in [4.69, 9.17) is 10.5 Å². The van der Waals surface area contributed by atoms with Crippen molar-refractivity contribution >= 4 is 21.2 Å². The molecule has 5 nitrogen and oxygen atoms in total. The van der Waals surface area contributed by atoms with Crippen LogP contribution in [0.4, 0.5) is 11.4 Å². The van der Waals surface area contributed by atoms with Crippen molar-refractivity contribution in [1.82, 2.24) is 0 Å². The summed E-state index contributed by atoms with van der Waals surface area (Å²) in [5, 5.41) is 0. The lowest BCUT2D eigenvalue weighted by atomic mass is 10.2. The Morgan fingerprint density at radius 1 is 1.39 bits per heavy atom. The van der Waals surface area contributed by atoms with Gasteiger partial charge in [-0.1, -0.05) is 6.07 Å². The first-order chi connectivity index (χ1) is 8.35. The fourth-order valence-corrected chi connectivity index (χ4v) is 2.18. The maximum Gasteiger partial charge on any atom is 0.149 e. The molecule has 0 aromatic heterocycles. The highest BCUT2D eigenvalue weighted by molar-refractivity contribution is 7.90. The van der Waals surface area contributed by atoms with Crippen molar-refractivity contribution in [3.63, 3.8) is 0 Å². The molecule has 0 bridgehead atoms. The summed E-state index contributed by atoms with van der Waals surface area (Å²) in [6.45, 7) is 2.83. The molecule has 0 spiro atoms. The smallest absolute Gasteiger partial charge is 0.149 e. The molecule has 0 aliphatic rings. The van der Waals surface area contributed by atoms with Crippen molar-refractivity contribution in [2.45, 2.75) is 6.92 Å². The van der Waals surface area contributed by atoms with Crippen LogP contribution in [0.15, 0.2) is 18.2 Å². The summed E-state index contributed by atoms with van der Waals surface area (Å²) in [6.07, 6.45) is 1.22. The van der Waals surface area contributed by atoms with Gasteiger partial charge in [-0.25, -0.2) is 8.42 Å². The first kappa shape index (κ1) is 14.6. The van der Waals surface area contributed by atoms with Crippen molar-refractivity contribution in [1.29, 1.82) is 0 Å². The molecule has 18 heavy (non-hydrogen) atoms. The summed E-state index contributed by atoms with van der Waals surface area (Å²) in [4.78, 5) is 1.82. The topological polar surface area (TPSA) is 72.6 Å². The third-order valence-electron chi connectivity index (χ3n) is 2.55. The monoisotopic (exact) mass is 272 g/mol. The normalized spacial score (nSPS) is 11.3. The summed E-state index contributed by atoms with van der Waals surface area (Å²) in [6, 6.07) is 5.49. The van der Waals surface area contributed by atoms with Crippen LogP contribution in [0.1, 0.15) is 6.92 Å². The second-order valence-electron chi connectivity index (χ2n) is 4.17. The molecule has 0 radical (unpaired) electrons. The molecule has 0 unspecified atom stereocenters. The third kappa shape index (κ3) is 4.10. The quantitative estimate of drug-likeness (QED) is 0.786. The molecule has 0 atom stereocenters. The number of para-hydroxylation sites is 1. The van der Waals surface area contributed by atoms with Gasteiger partial charge < -0.3 is 15.4 Å². The van der Waals surface area contributed by atoms with E-state index in [-0.39, 0.29) is 5.75 Å². The lowest BCUT2D eigenvalue weighted by Crippen LogP contribution is -2.25. The highest BCUT2D eigenvalue weighted by atomic mass is 32.2. The Kier molecular flexibility index (Phi) is 4.84.